The largest absolute Gasteiger partial charge is 0.380 e. The van der Waals surface area contributed by atoms with Crippen LogP contribution in [0.3, 0.4) is 0 Å². The molecule has 1 aliphatic rings. The number of rotatable bonds is 4. The van der Waals surface area contributed by atoms with Gasteiger partial charge >= 0.3 is 0 Å². The van der Waals surface area contributed by atoms with Gasteiger partial charge in [0.1, 0.15) is 0 Å². The van der Waals surface area contributed by atoms with Crippen molar-refractivity contribution in [1.82, 2.24) is 9.55 Å². The first-order valence-corrected chi connectivity index (χ1v) is 9.24. The maximum Gasteiger partial charge on any atom is 0.250 e. The van der Waals surface area contributed by atoms with Crippen LogP contribution in [0.15, 0.2) is 58.3 Å². The number of aromatic nitrogens is 2. The highest BCUT2D eigenvalue weighted by Gasteiger charge is 2.13. The van der Waals surface area contributed by atoms with E-state index in [2.05, 4.69) is 69.2 Å². The maximum atomic E-state index is 11.9. The van der Waals surface area contributed by atoms with Gasteiger partial charge in [0.15, 0.2) is 0 Å². The van der Waals surface area contributed by atoms with E-state index in [1.54, 1.807) is 6.07 Å². The van der Waals surface area contributed by atoms with Gasteiger partial charge in [0.2, 0.25) is 5.56 Å². The van der Waals surface area contributed by atoms with Gasteiger partial charge in [0, 0.05) is 52.7 Å². The first-order valence-electron chi connectivity index (χ1n) is 9.24. The molecule has 3 heterocycles. The predicted molar refractivity (Wildman–Crippen MR) is 111 cm³/mol. The Kier molecular flexibility index (Phi) is 3.60. The summed E-state index contributed by atoms with van der Waals surface area (Å²) >= 11 is 0. The average Bonchev–Trinajstić information content (AvgIpc) is 3.28. The monoisotopic (exact) mass is 356 g/mol. The summed E-state index contributed by atoms with van der Waals surface area (Å²) in [7, 11) is 0. The van der Waals surface area contributed by atoms with E-state index in [0.717, 1.165) is 23.5 Å². The Labute approximate surface area is 156 Å². The van der Waals surface area contributed by atoms with Gasteiger partial charge in [0.05, 0.1) is 17.9 Å². The summed E-state index contributed by atoms with van der Waals surface area (Å²) < 4.78 is 2.35. The van der Waals surface area contributed by atoms with Crippen molar-refractivity contribution in [3.05, 3.63) is 75.7 Å². The highest BCUT2D eigenvalue weighted by molar-refractivity contribution is 6.08. The number of nitrogens with zero attached hydrogens (tertiary/aromatic N) is 2. The fourth-order valence-corrected chi connectivity index (χ4v) is 4.02. The third-order valence-electron chi connectivity index (χ3n) is 5.27. The molecule has 0 aliphatic carbocycles. The number of nitrogens with one attached hydrogen (secondary N) is 2. The zero-order valence-corrected chi connectivity index (χ0v) is 15.1. The Bertz CT molecular complexity index is 1260. The Hall–Kier alpha value is -3.34. The van der Waals surface area contributed by atoms with Crippen LogP contribution in [0.2, 0.25) is 0 Å². The fourth-order valence-electron chi connectivity index (χ4n) is 4.02. The summed E-state index contributed by atoms with van der Waals surface area (Å²) in [6.45, 7) is 4.32. The predicted octanol–water partition coefficient (Wildman–Crippen LogP) is 4.05. The SMILES string of the molecule is CCn1c2ccccc2c2cc(CNc3cc(=O)[nH]c4c3C=NC4)ccc21. The third kappa shape index (κ3) is 2.54. The fraction of sp³-hybridized carbons (Fsp3) is 0.182. The van der Waals surface area contributed by atoms with Gasteiger partial charge in [-0.1, -0.05) is 24.3 Å². The third-order valence-corrected chi connectivity index (χ3v) is 5.27. The molecule has 0 spiro atoms. The van der Waals surface area contributed by atoms with Gasteiger partial charge < -0.3 is 14.9 Å². The number of aromatic amines is 1. The topological polar surface area (TPSA) is 62.2 Å². The smallest absolute Gasteiger partial charge is 0.250 e. The molecule has 0 radical (unpaired) electrons. The number of anilines is 1. The summed E-state index contributed by atoms with van der Waals surface area (Å²) in [4.78, 5) is 19.0. The standard InChI is InChI=1S/C22H20N4O/c1-2-26-20-6-4-3-5-15(20)16-9-14(7-8-21(16)26)11-24-18-10-22(27)25-19-13-23-12-17(18)19/h3-10,12H,2,11,13H2,1H3,(H2,24,25,27). The molecule has 134 valence electrons. The molecule has 5 nitrogen and oxygen atoms in total. The van der Waals surface area contributed by atoms with Crippen LogP contribution in [-0.4, -0.2) is 15.8 Å². The Morgan fingerprint density at radius 2 is 1.96 bits per heavy atom. The van der Waals surface area contributed by atoms with Crippen LogP contribution in [0.5, 0.6) is 0 Å². The molecule has 2 N–H and O–H groups in total. The quantitative estimate of drug-likeness (QED) is 0.579. The molecule has 27 heavy (non-hydrogen) atoms. The van der Waals surface area contributed by atoms with Gasteiger partial charge in [-0.25, -0.2) is 0 Å². The molecular formula is C22H20N4O. The van der Waals surface area contributed by atoms with Crippen molar-refractivity contribution in [2.24, 2.45) is 4.99 Å². The Morgan fingerprint density at radius 1 is 1.11 bits per heavy atom. The minimum absolute atomic E-state index is 0.0942. The molecule has 0 unspecified atom stereocenters. The van der Waals surface area contributed by atoms with Crippen LogP contribution in [0.25, 0.3) is 21.8 Å². The number of para-hydroxylation sites is 1. The van der Waals surface area contributed by atoms with Gasteiger partial charge in [-0.15, -0.1) is 0 Å². The van der Waals surface area contributed by atoms with E-state index in [1.807, 2.05) is 6.21 Å². The van der Waals surface area contributed by atoms with Crippen molar-refractivity contribution in [2.75, 3.05) is 5.32 Å². The van der Waals surface area contributed by atoms with E-state index >= 15 is 0 Å². The lowest BCUT2D eigenvalue weighted by molar-refractivity contribution is 0.827. The van der Waals surface area contributed by atoms with Crippen LogP contribution in [-0.2, 0) is 19.6 Å². The van der Waals surface area contributed by atoms with E-state index < -0.39 is 0 Å². The minimum atomic E-state index is -0.0942. The Balaban J connectivity index is 1.53. The summed E-state index contributed by atoms with van der Waals surface area (Å²) in [6, 6.07) is 16.7. The highest BCUT2D eigenvalue weighted by atomic mass is 16.1. The van der Waals surface area contributed by atoms with Crippen molar-refractivity contribution in [1.29, 1.82) is 0 Å². The Morgan fingerprint density at radius 3 is 2.85 bits per heavy atom. The molecule has 0 bridgehead atoms. The number of fused-ring (bicyclic) bond motifs is 4. The lowest BCUT2D eigenvalue weighted by Gasteiger charge is -2.10. The molecule has 0 amide bonds. The van der Waals surface area contributed by atoms with Crippen LogP contribution >= 0.6 is 0 Å². The second kappa shape index (κ2) is 6.13. The maximum absolute atomic E-state index is 11.9. The zero-order chi connectivity index (χ0) is 18.4. The first-order chi connectivity index (χ1) is 13.2. The number of pyridine rings is 1. The molecule has 0 fully saturated rings. The zero-order valence-electron chi connectivity index (χ0n) is 15.1. The molecule has 0 saturated carbocycles. The molecule has 0 saturated heterocycles. The van der Waals surface area contributed by atoms with Crippen LogP contribution < -0.4 is 10.9 Å². The van der Waals surface area contributed by atoms with Crippen LogP contribution in [0, 0.1) is 0 Å². The summed E-state index contributed by atoms with van der Waals surface area (Å²) in [5.74, 6) is 0. The number of benzene rings is 2. The van der Waals surface area contributed by atoms with Crippen molar-refractivity contribution in [3.63, 3.8) is 0 Å². The van der Waals surface area contributed by atoms with Crippen LogP contribution in [0.4, 0.5) is 5.69 Å². The number of hydrogen-bond donors (Lipinski definition) is 2. The molecule has 0 atom stereocenters. The molecule has 5 heteroatoms. The summed E-state index contributed by atoms with van der Waals surface area (Å²) in [5.41, 5.74) is 6.32. The molecule has 2 aromatic heterocycles. The van der Waals surface area contributed by atoms with E-state index in [-0.39, 0.29) is 5.56 Å². The summed E-state index contributed by atoms with van der Waals surface area (Å²) in [5, 5.41) is 5.96. The summed E-state index contributed by atoms with van der Waals surface area (Å²) in [6.07, 6.45) is 1.83. The molecule has 2 aromatic carbocycles. The van der Waals surface area contributed by atoms with E-state index in [4.69, 9.17) is 0 Å². The van der Waals surface area contributed by atoms with E-state index in [9.17, 15) is 4.79 Å². The van der Waals surface area contributed by atoms with E-state index in [1.165, 1.54) is 27.4 Å². The van der Waals surface area contributed by atoms with Gasteiger partial charge in [0.25, 0.3) is 0 Å². The number of H-pyrrole nitrogens is 1. The first kappa shape index (κ1) is 15.9. The highest BCUT2D eigenvalue weighted by Crippen LogP contribution is 2.30. The molecule has 1 aliphatic heterocycles. The molecule has 4 aromatic rings. The molecule has 5 rings (SSSR count). The van der Waals surface area contributed by atoms with Crippen molar-refractivity contribution < 1.29 is 0 Å². The average molecular weight is 356 g/mol. The van der Waals surface area contributed by atoms with Crippen molar-refractivity contribution in [3.8, 4) is 0 Å². The van der Waals surface area contributed by atoms with Crippen molar-refractivity contribution >= 4 is 33.7 Å². The van der Waals surface area contributed by atoms with Gasteiger partial charge in [-0.05, 0) is 30.7 Å². The lowest BCUT2D eigenvalue weighted by atomic mass is 10.1. The second-order valence-electron chi connectivity index (χ2n) is 6.88. The lowest BCUT2D eigenvalue weighted by Crippen LogP contribution is -2.12. The van der Waals surface area contributed by atoms with Crippen molar-refractivity contribution in [2.45, 2.75) is 26.6 Å². The number of aliphatic imine (C=N–C) groups is 1. The number of aryl methyl sites for hydroxylation is 1. The van der Waals surface area contributed by atoms with Crippen LogP contribution in [0.1, 0.15) is 23.7 Å². The number of hydrogen-bond acceptors (Lipinski definition) is 3. The molecular weight excluding hydrogens is 336 g/mol. The van der Waals surface area contributed by atoms with E-state index in [0.29, 0.717) is 13.1 Å². The minimum Gasteiger partial charge on any atom is -0.380 e. The normalized spacial score (nSPS) is 12.8. The second-order valence-corrected chi connectivity index (χ2v) is 6.88. The van der Waals surface area contributed by atoms with Gasteiger partial charge in [-0.3, -0.25) is 9.79 Å². The van der Waals surface area contributed by atoms with Gasteiger partial charge in [-0.2, -0.15) is 0 Å².